The largest absolute Gasteiger partial charge is 0.457 e. The van der Waals surface area contributed by atoms with E-state index in [2.05, 4.69) is 10.1 Å². The number of aryl methyl sites for hydroxylation is 1. The lowest BCUT2D eigenvalue weighted by atomic mass is 10.1. The number of benzene rings is 1. The maximum Gasteiger partial charge on any atom is 0.306 e. The molecule has 1 aliphatic heterocycles. The molecule has 0 radical (unpaired) electrons. The molecule has 0 atom stereocenters. The molecular weight excluding hydrogens is 372 g/mol. The lowest BCUT2D eigenvalue weighted by molar-refractivity contribution is -0.142. The molecule has 0 unspecified atom stereocenters. The Labute approximate surface area is 157 Å². The zero-order valence-corrected chi connectivity index (χ0v) is 14.9. The molecule has 1 aromatic carbocycles. The Morgan fingerprint density at radius 3 is 2.93 bits per heavy atom. The summed E-state index contributed by atoms with van der Waals surface area (Å²) in [6.45, 7) is -0.214. The summed E-state index contributed by atoms with van der Waals surface area (Å²) in [5.74, 6) is 1.10. The van der Waals surface area contributed by atoms with Crippen molar-refractivity contribution >= 4 is 23.1 Å². The van der Waals surface area contributed by atoms with E-state index < -0.39 is 5.97 Å². The van der Waals surface area contributed by atoms with Crippen molar-refractivity contribution in [3.05, 3.63) is 47.2 Å². The Morgan fingerprint density at radius 2 is 2.07 bits per heavy atom. The maximum absolute atomic E-state index is 12.1. The second-order valence-electron chi connectivity index (χ2n) is 5.64. The molecule has 2 aromatic heterocycles. The number of ether oxygens (including phenoxy) is 3. The second-order valence-corrected chi connectivity index (χ2v) is 6.59. The van der Waals surface area contributed by atoms with Crippen molar-refractivity contribution in [1.82, 2.24) is 10.1 Å². The van der Waals surface area contributed by atoms with E-state index in [0.29, 0.717) is 28.8 Å². The number of esters is 1. The van der Waals surface area contributed by atoms with Crippen LogP contribution in [0.15, 0.2) is 40.2 Å². The van der Waals surface area contributed by atoms with Crippen LogP contribution in [0.1, 0.15) is 22.7 Å². The lowest BCUT2D eigenvalue weighted by Gasteiger charge is -2.04. The molecule has 0 spiro atoms. The minimum absolute atomic E-state index is 0.0422. The average Bonchev–Trinajstić information content (AvgIpc) is 3.44. The number of aromatic nitrogens is 2. The number of fused-ring (bicyclic) bond motifs is 1. The Kier molecular flexibility index (Phi) is 4.84. The van der Waals surface area contributed by atoms with E-state index in [1.165, 1.54) is 11.3 Å². The summed E-state index contributed by atoms with van der Waals surface area (Å²) in [7, 11) is 0. The first-order valence-corrected chi connectivity index (χ1v) is 9.02. The van der Waals surface area contributed by atoms with Gasteiger partial charge in [0.15, 0.2) is 23.9 Å². The molecule has 27 heavy (non-hydrogen) atoms. The van der Waals surface area contributed by atoms with Gasteiger partial charge >= 0.3 is 5.97 Å². The number of thiophene rings is 1. The number of rotatable bonds is 7. The second kappa shape index (κ2) is 7.58. The molecule has 4 rings (SSSR count). The predicted octanol–water partition coefficient (Wildman–Crippen LogP) is 2.89. The minimum atomic E-state index is -0.514. The van der Waals surface area contributed by atoms with E-state index >= 15 is 0 Å². The van der Waals surface area contributed by atoms with Crippen LogP contribution in [0.5, 0.6) is 11.5 Å². The van der Waals surface area contributed by atoms with E-state index in [0.717, 1.165) is 4.88 Å². The summed E-state index contributed by atoms with van der Waals surface area (Å²) < 4.78 is 20.6. The Bertz CT molecular complexity index is 966. The minimum Gasteiger partial charge on any atom is -0.457 e. The number of hydrogen-bond acceptors (Lipinski definition) is 9. The first kappa shape index (κ1) is 17.2. The highest BCUT2D eigenvalue weighted by atomic mass is 32.1. The lowest BCUT2D eigenvalue weighted by Crippen LogP contribution is -2.14. The first-order valence-electron chi connectivity index (χ1n) is 8.14. The van der Waals surface area contributed by atoms with Crippen LogP contribution in [0.3, 0.4) is 0 Å². The number of hydrogen-bond donors (Lipinski definition) is 0. The highest BCUT2D eigenvalue weighted by molar-refractivity contribution is 7.13. The van der Waals surface area contributed by atoms with Crippen LogP contribution in [0, 0.1) is 0 Å². The van der Waals surface area contributed by atoms with E-state index in [4.69, 9.17) is 18.7 Å². The zero-order valence-electron chi connectivity index (χ0n) is 14.0. The molecular formula is C18H14N2O6S. The van der Waals surface area contributed by atoms with E-state index in [1.807, 2.05) is 17.5 Å². The van der Waals surface area contributed by atoms with Gasteiger partial charge in [-0.2, -0.15) is 4.98 Å². The van der Waals surface area contributed by atoms with Crippen LogP contribution in [0.2, 0.25) is 0 Å². The first-order chi connectivity index (χ1) is 13.2. The molecule has 0 amide bonds. The van der Waals surface area contributed by atoms with Gasteiger partial charge in [0, 0.05) is 12.0 Å². The van der Waals surface area contributed by atoms with Gasteiger partial charge in [-0.05, 0) is 29.6 Å². The van der Waals surface area contributed by atoms with Crippen molar-refractivity contribution in [3.63, 3.8) is 0 Å². The summed E-state index contributed by atoms with van der Waals surface area (Å²) in [6.07, 6.45) is 0.288. The van der Waals surface area contributed by atoms with Gasteiger partial charge in [-0.15, -0.1) is 11.3 Å². The summed E-state index contributed by atoms with van der Waals surface area (Å²) >= 11 is 1.50. The number of carbonyl (C=O) groups excluding carboxylic acids is 2. The SMILES string of the molecule is O=C(CCc1nc(-c2cccs2)no1)OCC(=O)c1ccc2c(c1)OCO2. The Hall–Kier alpha value is -3.20. The highest BCUT2D eigenvalue weighted by Gasteiger charge is 2.18. The monoisotopic (exact) mass is 386 g/mol. The normalized spacial score (nSPS) is 12.1. The molecule has 0 saturated carbocycles. The predicted molar refractivity (Wildman–Crippen MR) is 93.8 cm³/mol. The molecule has 1 aliphatic rings. The molecule has 0 fully saturated rings. The number of ketones is 1. The molecule has 8 nitrogen and oxygen atoms in total. The summed E-state index contributed by atoms with van der Waals surface area (Å²) in [4.78, 5) is 29.1. The van der Waals surface area contributed by atoms with Crippen LogP contribution >= 0.6 is 11.3 Å². The molecule has 0 saturated heterocycles. The standard InChI is InChI=1S/C18H14N2O6S/c21-12(11-3-4-13-14(8-11)25-10-24-13)9-23-17(22)6-5-16-19-18(20-26-16)15-2-1-7-27-15/h1-4,7-8H,5-6,9-10H2. The van der Waals surface area contributed by atoms with Crippen molar-refractivity contribution in [1.29, 1.82) is 0 Å². The van der Waals surface area contributed by atoms with Gasteiger partial charge in [0.1, 0.15) is 0 Å². The molecule has 0 aliphatic carbocycles. The fourth-order valence-electron chi connectivity index (χ4n) is 2.44. The quantitative estimate of drug-likeness (QED) is 0.451. The summed E-state index contributed by atoms with van der Waals surface area (Å²) in [5, 5.41) is 5.79. The molecule has 9 heteroatoms. The third-order valence-electron chi connectivity index (χ3n) is 3.81. The van der Waals surface area contributed by atoms with Crippen molar-refractivity contribution in [2.24, 2.45) is 0 Å². The average molecular weight is 386 g/mol. The van der Waals surface area contributed by atoms with E-state index in [9.17, 15) is 9.59 Å². The fourth-order valence-corrected chi connectivity index (χ4v) is 3.09. The van der Waals surface area contributed by atoms with Gasteiger partial charge in [-0.3, -0.25) is 9.59 Å². The van der Waals surface area contributed by atoms with Gasteiger partial charge in [-0.25, -0.2) is 0 Å². The Morgan fingerprint density at radius 1 is 1.19 bits per heavy atom. The molecule has 3 aromatic rings. The van der Waals surface area contributed by atoms with Crippen molar-refractivity contribution in [2.75, 3.05) is 13.4 Å². The molecule has 0 bridgehead atoms. The van der Waals surface area contributed by atoms with Crippen molar-refractivity contribution < 1.29 is 28.3 Å². The van der Waals surface area contributed by atoms with Gasteiger partial charge in [0.2, 0.25) is 18.5 Å². The van der Waals surface area contributed by atoms with Gasteiger partial charge in [0.25, 0.3) is 0 Å². The van der Waals surface area contributed by atoms with Crippen LogP contribution in [0.25, 0.3) is 10.7 Å². The van der Waals surface area contributed by atoms with Crippen molar-refractivity contribution in [2.45, 2.75) is 12.8 Å². The molecule has 138 valence electrons. The number of Topliss-reactive ketones (excluding diaryl/α,β-unsaturated/α-hetero) is 1. The fraction of sp³-hybridized carbons (Fsp3) is 0.222. The van der Waals surface area contributed by atoms with Crippen LogP contribution in [-0.4, -0.2) is 35.3 Å². The summed E-state index contributed by atoms with van der Waals surface area (Å²) in [6, 6.07) is 8.61. The maximum atomic E-state index is 12.1. The number of nitrogens with zero attached hydrogens (tertiary/aromatic N) is 2. The van der Waals surface area contributed by atoms with Gasteiger partial charge in [-0.1, -0.05) is 11.2 Å². The molecule has 0 N–H and O–H groups in total. The van der Waals surface area contributed by atoms with Gasteiger partial charge < -0.3 is 18.7 Å². The van der Waals surface area contributed by atoms with Gasteiger partial charge in [0.05, 0.1) is 11.3 Å². The topological polar surface area (TPSA) is 101 Å². The Balaban J connectivity index is 1.25. The summed E-state index contributed by atoms with van der Waals surface area (Å²) in [5.41, 5.74) is 0.393. The molecule has 3 heterocycles. The highest BCUT2D eigenvalue weighted by Crippen LogP contribution is 2.32. The van der Waals surface area contributed by atoms with E-state index in [1.54, 1.807) is 18.2 Å². The third-order valence-corrected chi connectivity index (χ3v) is 4.68. The van der Waals surface area contributed by atoms with E-state index in [-0.39, 0.29) is 32.0 Å². The third kappa shape index (κ3) is 3.98. The van der Waals surface area contributed by atoms with Crippen molar-refractivity contribution in [3.8, 4) is 22.2 Å². The van der Waals surface area contributed by atoms with Crippen LogP contribution in [-0.2, 0) is 16.0 Å². The van der Waals surface area contributed by atoms with Crippen LogP contribution < -0.4 is 9.47 Å². The van der Waals surface area contributed by atoms with Crippen LogP contribution in [0.4, 0.5) is 0 Å². The number of carbonyl (C=O) groups is 2. The zero-order chi connectivity index (χ0) is 18.6. The smallest absolute Gasteiger partial charge is 0.306 e.